The third-order valence-electron chi connectivity index (χ3n) is 1.99. The van der Waals surface area contributed by atoms with Gasteiger partial charge in [0.1, 0.15) is 11.9 Å². The first-order valence-corrected chi connectivity index (χ1v) is 5.55. The molecule has 17 heavy (non-hydrogen) atoms. The van der Waals surface area contributed by atoms with E-state index in [2.05, 4.69) is 10.9 Å². The van der Waals surface area contributed by atoms with E-state index in [0.717, 1.165) is 0 Å². The van der Waals surface area contributed by atoms with Gasteiger partial charge in [0, 0.05) is 0 Å². The Morgan fingerprint density at radius 2 is 2.29 bits per heavy atom. The second-order valence-electron chi connectivity index (χ2n) is 3.37. The summed E-state index contributed by atoms with van der Waals surface area (Å²) in [6.07, 6.45) is 0. The smallest absolute Gasteiger partial charge is 0.324 e. The SMILES string of the molecule is CCOC(=O)C(C)NNc1ccc(F)c(Cl)c1. The highest BCUT2D eigenvalue weighted by Crippen LogP contribution is 2.18. The number of carbonyl (C=O) groups is 1. The summed E-state index contributed by atoms with van der Waals surface area (Å²) in [6.45, 7) is 3.71. The first-order valence-electron chi connectivity index (χ1n) is 5.17. The molecule has 0 saturated heterocycles. The maximum atomic E-state index is 12.9. The van der Waals surface area contributed by atoms with Crippen molar-refractivity contribution in [3.05, 3.63) is 29.0 Å². The molecule has 6 heteroatoms. The lowest BCUT2D eigenvalue weighted by molar-refractivity contribution is -0.144. The number of nitrogens with one attached hydrogen (secondary N) is 2. The van der Waals surface area contributed by atoms with E-state index in [9.17, 15) is 9.18 Å². The van der Waals surface area contributed by atoms with Crippen molar-refractivity contribution in [1.29, 1.82) is 0 Å². The molecule has 0 aromatic heterocycles. The van der Waals surface area contributed by atoms with Crippen LogP contribution in [0, 0.1) is 5.82 Å². The van der Waals surface area contributed by atoms with Gasteiger partial charge in [0.05, 0.1) is 17.3 Å². The Kier molecular flexibility index (Phi) is 5.18. The summed E-state index contributed by atoms with van der Waals surface area (Å²) >= 11 is 5.61. The zero-order chi connectivity index (χ0) is 12.8. The van der Waals surface area contributed by atoms with E-state index in [1.807, 2.05) is 0 Å². The van der Waals surface area contributed by atoms with Gasteiger partial charge in [-0.15, -0.1) is 0 Å². The van der Waals surface area contributed by atoms with Gasteiger partial charge in [-0.2, -0.15) is 0 Å². The van der Waals surface area contributed by atoms with Gasteiger partial charge < -0.3 is 10.2 Å². The van der Waals surface area contributed by atoms with Crippen LogP contribution in [0.5, 0.6) is 0 Å². The monoisotopic (exact) mass is 260 g/mol. The lowest BCUT2D eigenvalue weighted by Gasteiger charge is -2.14. The second kappa shape index (κ2) is 6.42. The van der Waals surface area contributed by atoms with E-state index < -0.39 is 11.9 Å². The van der Waals surface area contributed by atoms with Gasteiger partial charge in [-0.25, -0.2) is 9.82 Å². The van der Waals surface area contributed by atoms with Crippen LogP contribution in [0.3, 0.4) is 0 Å². The van der Waals surface area contributed by atoms with Crippen LogP contribution in [0.25, 0.3) is 0 Å². The number of halogens is 2. The zero-order valence-electron chi connectivity index (χ0n) is 9.59. The van der Waals surface area contributed by atoms with E-state index >= 15 is 0 Å². The van der Waals surface area contributed by atoms with Crippen molar-refractivity contribution in [2.45, 2.75) is 19.9 Å². The Hall–Kier alpha value is -1.33. The van der Waals surface area contributed by atoms with Crippen LogP contribution in [0.2, 0.25) is 5.02 Å². The van der Waals surface area contributed by atoms with Crippen molar-refractivity contribution in [3.63, 3.8) is 0 Å². The lowest BCUT2D eigenvalue weighted by atomic mass is 10.3. The molecule has 94 valence electrons. The molecule has 0 amide bonds. The van der Waals surface area contributed by atoms with E-state index in [1.165, 1.54) is 18.2 Å². The van der Waals surface area contributed by atoms with Crippen molar-refractivity contribution in [3.8, 4) is 0 Å². The summed E-state index contributed by atoms with van der Waals surface area (Å²) < 4.78 is 17.7. The molecule has 2 N–H and O–H groups in total. The molecule has 4 nitrogen and oxygen atoms in total. The van der Waals surface area contributed by atoms with Gasteiger partial charge >= 0.3 is 5.97 Å². The topological polar surface area (TPSA) is 50.4 Å². The number of hydrazine groups is 1. The number of hydrogen-bond acceptors (Lipinski definition) is 4. The second-order valence-corrected chi connectivity index (χ2v) is 3.78. The van der Waals surface area contributed by atoms with Gasteiger partial charge in [-0.3, -0.25) is 4.79 Å². The molecule has 1 atom stereocenters. The lowest BCUT2D eigenvalue weighted by Crippen LogP contribution is -2.39. The van der Waals surface area contributed by atoms with Crippen molar-refractivity contribution in [2.75, 3.05) is 12.0 Å². The number of ether oxygens (including phenoxy) is 1. The maximum Gasteiger partial charge on any atom is 0.324 e. The van der Waals surface area contributed by atoms with Gasteiger partial charge in [0.25, 0.3) is 0 Å². The molecule has 1 unspecified atom stereocenters. The molecule has 1 aromatic carbocycles. The van der Waals surface area contributed by atoms with Crippen LogP contribution in [-0.4, -0.2) is 18.6 Å². The first kappa shape index (κ1) is 13.7. The Morgan fingerprint density at radius 1 is 1.59 bits per heavy atom. The average Bonchev–Trinajstić information content (AvgIpc) is 2.30. The fraction of sp³-hybridized carbons (Fsp3) is 0.364. The summed E-state index contributed by atoms with van der Waals surface area (Å²) in [4.78, 5) is 11.3. The summed E-state index contributed by atoms with van der Waals surface area (Å²) in [5.41, 5.74) is 6.04. The normalized spacial score (nSPS) is 12.0. The van der Waals surface area contributed by atoms with Crippen molar-refractivity contribution >= 4 is 23.3 Å². The van der Waals surface area contributed by atoms with Gasteiger partial charge in [0.2, 0.25) is 0 Å². The zero-order valence-corrected chi connectivity index (χ0v) is 10.3. The number of rotatable bonds is 5. The minimum Gasteiger partial charge on any atom is -0.465 e. The Morgan fingerprint density at radius 3 is 2.88 bits per heavy atom. The molecule has 1 aromatic rings. The fourth-order valence-electron chi connectivity index (χ4n) is 1.09. The van der Waals surface area contributed by atoms with Gasteiger partial charge in [-0.1, -0.05) is 11.6 Å². The molecule has 0 bridgehead atoms. The number of anilines is 1. The highest BCUT2D eigenvalue weighted by atomic mass is 35.5. The standard InChI is InChI=1S/C11H14ClFN2O2/c1-3-17-11(16)7(2)14-15-8-4-5-10(13)9(12)6-8/h4-7,14-15H,3H2,1-2H3. The highest BCUT2D eigenvalue weighted by molar-refractivity contribution is 6.31. The maximum absolute atomic E-state index is 12.9. The Bertz CT molecular complexity index is 401. The van der Waals surface area contributed by atoms with E-state index in [1.54, 1.807) is 13.8 Å². The summed E-state index contributed by atoms with van der Waals surface area (Å²) in [7, 11) is 0. The van der Waals surface area contributed by atoms with Crippen LogP contribution in [-0.2, 0) is 9.53 Å². The van der Waals surface area contributed by atoms with E-state index in [0.29, 0.717) is 12.3 Å². The molecule has 0 radical (unpaired) electrons. The van der Waals surface area contributed by atoms with E-state index in [-0.39, 0.29) is 11.0 Å². The molecule has 0 heterocycles. The molecule has 0 aliphatic carbocycles. The van der Waals surface area contributed by atoms with Crippen molar-refractivity contribution in [1.82, 2.24) is 5.43 Å². The molecule has 0 aliphatic rings. The molecule has 0 fully saturated rings. The Balaban J connectivity index is 2.50. The molecular weight excluding hydrogens is 247 g/mol. The van der Waals surface area contributed by atoms with Gasteiger partial charge in [-0.05, 0) is 32.0 Å². The quantitative estimate of drug-likeness (QED) is 0.630. The largest absolute Gasteiger partial charge is 0.465 e. The van der Waals surface area contributed by atoms with Crippen LogP contribution >= 0.6 is 11.6 Å². The van der Waals surface area contributed by atoms with Gasteiger partial charge in [0.15, 0.2) is 0 Å². The van der Waals surface area contributed by atoms with Crippen LogP contribution in [0.15, 0.2) is 18.2 Å². The Labute approximate surface area is 104 Å². The average molecular weight is 261 g/mol. The molecule has 0 spiro atoms. The number of esters is 1. The predicted molar refractivity (Wildman–Crippen MR) is 64.3 cm³/mol. The van der Waals surface area contributed by atoms with Crippen LogP contribution in [0.4, 0.5) is 10.1 Å². The predicted octanol–water partition coefficient (Wildman–Crippen LogP) is 2.35. The summed E-state index contributed by atoms with van der Waals surface area (Å²) in [5.74, 6) is -0.858. The highest BCUT2D eigenvalue weighted by Gasteiger charge is 2.12. The molecule has 1 rings (SSSR count). The number of carbonyl (C=O) groups excluding carboxylic acids is 1. The number of benzene rings is 1. The van der Waals surface area contributed by atoms with Crippen molar-refractivity contribution < 1.29 is 13.9 Å². The minimum atomic E-state index is -0.515. The minimum absolute atomic E-state index is 0.0144. The third-order valence-corrected chi connectivity index (χ3v) is 2.28. The molecular formula is C11H14ClFN2O2. The molecule has 0 aliphatic heterocycles. The summed E-state index contributed by atoms with van der Waals surface area (Å²) in [5, 5.41) is 0.0144. The summed E-state index contributed by atoms with van der Waals surface area (Å²) in [6, 6.07) is 3.65. The van der Waals surface area contributed by atoms with Crippen molar-refractivity contribution in [2.24, 2.45) is 0 Å². The fourth-order valence-corrected chi connectivity index (χ4v) is 1.27. The number of hydrogen-bond donors (Lipinski definition) is 2. The van der Waals surface area contributed by atoms with E-state index in [4.69, 9.17) is 16.3 Å². The third kappa shape index (κ3) is 4.20. The van der Waals surface area contributed by atoms with Crippen LogP contribution in [0.1, 0.15) is 13.8 Å². The van der Waals surface area contributed by atoms with Crippen LogP contribution < -0.4 is 10.9 Å². The first-order chi connectivity index (χ1) is 8.04. The molecule has 0 saturated carbocycles.